The van der Waals surface area contributed by atoms with Gasteiger partial charge in [-0.2, -0.15) is 5.10 Å². The van der Waals surface area contributed by atoms with E-state index in [0.29, 0.717) is 22.9 Å². The van der Waals surface area contributed by atoms with Gasteiger partial charge in [-0.25, -0.2) is 4.68 Å². The third kappa shape index (κ3) is 3.32. The molecule has 0 spiro atoms. The van der Waals surface area contributed by atoms with Gasteiger partial charge in [-0.05, 0) is 29.8 Å². The van der Waals surface area contributed by atoms with Crippen LogP contribution in [0.3, 0.4) is 0 Å². The number of benzene rings is 1. The fourth-order valence-corrected chi connectivity index (χ4v) is 2.14. The molecule has 0 saturated heterocycles. The van der Waals surface area contributed by atoms with Crippen molar-refractivity contribution in [3.8, 4) is 0 Å². The summed E-state index contributed by atoms with van der Waals surface area (Å²) < 4.78 is 1.72. The van der Waals surface area contributed by atoms with Crippen molar-refractivity contribution in [2.24, 2.45) is 0 Å². The Morgan fingerprint density at radius 1 is 1.14 bits per heavy atom. The Bertz CT molecular complexity index is 768. The van der Waals surface area contributed by atoms with Crippen molar-refractivity contribution in [3.05, 3.63) is 77.2 Å². The second-order valence-corrected chi connectivity index (χ2v) is 5.13. The van der Waals surface area contributed by atoms with E-state index in [0.717, 1.165) is 5.56 Å². The molecule has 1 aromatic carbocycles. The van der Waals surface area contributed by atoms with Crippen LogP contribution in [0, 0.1) is 0 Å². The topological polar surface area (TPSA) is 59.8 Å². The number of rotatable bonds is 4. The maximum absolute atomic E-state index is 12.2. The Morgan fingerprint density at radius 3 is 2.68 bits per heavy atom. The first-order valence-electron chi connectivity index (χ1n) is 6.70. The van der Waals surface area contributed by atoms with Crippen LogP contribution in [0.25, 0.3) is 0 Å². The molecular formula is C16H13ClN4O. The van der Waals surface area contributed by atoms with Gasteiger partial charge in [0.1, 0.15) is 5.82 Å². The number of carbonyl (C=O) groups excluding carboxylic acids is 1. The second-order valence-electron chi connectivity index (χ2n) is 4.70. The first kappa shape index (κ1) is 14.3. The number of halogens is 1. The molecule has 6 heteroatoms. The van der Waals surface area contributed by atoms with Crippen LogP contribution in [0.5, 0.6) is 0 Å². The Balaban J connectivity index is 1.75. The van der Waals surface area contributed by atoms with Gasteiger partial charge in [0.25, 0.3) is 5.91 Å². The summed E-state index contributed by atoms with van der Waals surface area (Å²) in [6, 6.07) is 12.7. The summed E-state index contributed by atoms with van der Waals surface area (Å²) in [5, 5.41) is 7.76. The Labute approximate surface area is 132 Å². The summed E-state index contributed by atoms with van der Waals surface area (Å²) >= 11 is 5.88. The van der Waals surface area contributed by atoms with Crippen LogP contribution >= 0.6 is 11.6 Å². The van der Waals surface area contributed by atoms with E-state index in [1.54, 1.807) is 35.3 Å². The molecule has 0 fully saturated rings. The van der Waals surface area contributed by atoms with E-state index in [9.17, 15) is 4.79 Å². The first-order valence-corrected chi connectivity index (χ1v) is 7.08. The molecule has 110 valence electrons. The van der Waals surface area contributed by atoms with Crippen molar-refractivity contribution in [2.45, 2.75) is 6.54 Å². The number of amides is 1. The number of carbonyl (C=O) groups is 1. The molecule has 2 heterocycles. The van der Waals surface area contributed by atoms with Gasteiger partial charge in [-0.1, -0.05) is 23.7 Å². The lowest BCUT2D eigenvalue weighted by Crippen LogP contribution is -2.16. The quantitative estimate of drug-likeness (QED) is 0.804. The molecular weight excluding hydrogens is 300 g/mol. The van der Waals surface area contributed by atoms with Crippen LogP contribution in [-0.2, 0) is 6.54 Å². The van der Waals surface area contributed by atoms with Crippen LogP contribution in [0.2, 0.25) is 5.02 Å². The highest BCUT2D eigenvalue weighted by atomic mass is 35.5. The fourth-order valence-electron chi connectivity index (χ4n) is 2.01. The van der Waals surface area contributed by atoms with Crippen molar-refractivity contribution < 1.29 is 4.79 Å². The third-order valence-corrected chi connectivity index (χ3v) is 3.38. The van der Waals surface area contributed by atoms with E-state index in [2.05, 4.69) is 15.4 Å². The molecule has 0 radical (unpaired) electrons. The molecule has 2 aromatic heterocycles. The van der Waals surface area contributed by atoms with Crippen LogP contribution < -0.4 is 5.32 Å². The van der Waals surface area contributed by atoms with Gasteiger partial charge in [-0.3, -0.25) is 9.78 Å². The highest BCUT2D eigenvalue weighted by molar-refractivity contribution is 6.30. The average molecular weight is 313 g/mol. The predicted octanol–water partition coefficient (Wildman–Crippen LogP) is 3.23. The zero-order chi connectivity index (χ0) is 15.4. The molecule has 5 nitrogen and oxygen atoms in total. The number of hydrogen-bond acceptors (Lipinski definition) is 3. The summed E-state index contributed by atoms with van der Waals surface area (Å²) in [6.07, 6.45) is 4.80. The van der Waals surface area contributed by atoms with Crippen molar-refractivity contribution in [1.29, 1.82) is 0 Å². The minimum Gasteiger partial charge on any atom is -0.307 e. The van der Waals surface area contributed by atoms with Crippen LogP contribution in [0.15, 0.2) is 61.1 Å². The zero-order valence-electron chi connectivity index (χ0n) is 11.6. The van der Waals surface area contributed by atoms with Crippen LogP contribution in [0.4, 0.5) is 5.82 Å². The molecule has 3 rings (SSSR count). The van der Waals surface area contributed by atoms with Crippen molar-refractivity contribution in [2.75, 3.05) is 5.32 Å². The van der Waals surface area contributed by atoms with Gasteiger partial charge in [0.2, 0.25) is 0 Å². The molecule has 3 aromatic rings. The largest absolute Gasteiger partial charge is 0.307 e. The molecule has 0 bridgehead atoms. The van der Waals surface area contributed by atoms with Gasteiger partial charge in [-0.15, -0.1) is 0 Å². The number of nitrogens with one attached hydrogen (secondary N) is 1. The maximum atomic E-state index is 12.2. The SMILES string of the molecule is O=C(Nc1ccnn1Cc1ccc(Cl)cc1)c1cccnc1. The van der Waals surface area contributed by atoms with Crippen LogP contribution in [0.1, 0.15) is 15.9 Å². The van der Waals surface area contributed by atoms with Gasteiger partial charge in [0.15, 0.2) is 0 Å². The molecule has 0 aliphatic carbocycles. The Hall–Kier alpha value is -2.66. The highest BCUT2D eigenvalue weighted by Gasteiger charge is 2.09. The highest BCUT2D eigenvalue weighted by Crippen LogP contribution is 2.14. The molecule has 22 heavy (non-hydrogen) atoms. The summed E-state index contributed by atoms with van der Waals surface area (Å²) in [5.74, 6) is 0.412. The van der Waals surface area contributed by atoms with Crippen molar-refractivity contribution in [1.82, 2.24) is 14.8 Å². The van der Waals surface area contributed by atoms with E-state index in [-0.39, 0.29) is 5.91 Å². The third-order valence-electron chi connectivity index (χ3n) is 3.13. The number of nitrogens with zero attached hydrogens (tertiary/aromatic N) is 3. The van der Waals surface area contributed by atoms with Crippen molar-refractivity contribution >= 4 is 23.3 Å². The van der Waals surface area contributed by atoms with Gasteiger partial charge in [0, 0.05) is 23.5 Å². The molecule has 1 amide bonds. The average Bonchev–Trinajstić information content (AvgIpc) is 2.97. The smallest absolute Gasteiger partial charge is 0.258 e. The molecule has 1 N–H and O–H groups in total. The summed E-state index contributed by atoms with van der Waals surface area (Å²) in [6.45, 7) is 0.548. The molecule has 0 unspecified atom stereocenters. The number of aromatic nitrogens is 3. The zero-order valence-corrected chi connectivity index (χ0v) is 12.4. The van der Waals surface area contributed by atoms with Crippen molar-refractivity contribution in [3.63, 3.8) is 0 Å². The summed E-state index contributed by atoms with van der Waals surface area (Å²) in [4.78, 5) is 16.1. The van der Waals surface area contributed by atoms with Gasteiger partial charge < -0.3 is 5.32 Å². The second kappa shape index (κ2) is 6.41. The predicted molar refractivity (Wildman–Crippen MR) is 85.0 cm³/mol. The molecule has 0 aliphatic heterocycles. The lowest BCUT2D eigenvalue weighted by molar-refractivity contribution is 0.102. The number of anilines is 1. The van der Waals surface area contributed by atoms with Crippen LogP contribution in [-0.4, -0.2) is 20.7 Å². The molecule has 0 atom stereocenters. The Morgan fingerprint density at radius 2 is 1.95 bits per heavy atom. The van der Waals surface area contributed by atoms with E-state index in [1.165, 1.54) is 6.20 Å². The Kier molecular flexibility index (Phi) is 4.16. The first-order chi connectivity index (χ1) is 10.7. The number of pyridine rings is 1. The lowest BCUT2D eigenvalue weighted by atomic mass is 10.2. The number of hydrogen-bond donors (Lipinski definition) is 1. The van der Waals surface area contributed by atoms with Gasteiger partial charge in [0.05, 0.1) is 18.3 Å². The van der Waals surface area contributed by atoms with E-state index in [1.807, 2.05) is 24.3 Å². The molecule has 0 saturated carbocycles. The summed E-state index contributed by atoms with van der Waals surface area (Å²) in [5.41, 5.74) is 1.55. The van der Waals surface area contributed by atoms with Gasteiger partial charge >= 0.3 is 0 Å². The molecule has 0 aliphatic rings. The standard InChI is InChI=1S/C16H13ClN4O/c17-14-5-3-12(4-6-14)11-21-15(7-9-19-21)20-16(22)13-2-1-8-18-10-13/h1-10H,11H2,(H,20,22). The van der Waals surface area contributed by atoms with E-state index >= 15 is 0 Å². The fraction of sp³-hybridized carbons (Fsp3) is 0.0625. The maximum Gasteiger partial charge on any atom is 0.258 e. The minimum atomic E-state index is -0.217. The monoisotopic (exact) mass is 312 g/mol. The van der Waals surface area contributed by atoms with E-state index < -0.39 is 0 Å². The minimum absolute atomic E-state index is 0.217. The van der Waals surface area contributed by atoms with E-state index in [4.69, 9.17) is 11.6 Å². The lowest BCUT2D eigenvalue weighted by Gasteiger charge is -2.09. The normalized spacial score (nSPS) is 10.4. The summed E-state index contributed by atoms with van der Waals surface area (Å²) in [7, 11) is 0.